The van der Waals surface area contributed by atoms with Crippen LogP contribution in [0.4, 0.5) is 0 Å². The summed E-state index contributed by atoms with van der Waals surface area (Å²) in [5, 5.41) is 4.68. The molecule has 1 aromatic carbocycles. The highest BCUT2D eigenvalue weighted by Crippen LogP contribution is 2.44. The van der Waals surface area contributed by atoms with Crippen LogP contribution >= 0.6 is 23.2 Å². The Kier molecular flexibility index (Phi) is 4.58. The Hall–Kier alpha value is -0.240. The van der Waals surface area contributed by atoms with E-state index in [2.05, 4.69) is 24.4 Å². The second-order valence-electron chi connectivity index (χ2n) is 5.46. The van der Waals surface area contributed by atoms with Gasteiger partial charge in [0.1, 0.15) is 0 Å². The molecule has 1 N–H and O–H groups in total. The van der Waals surface area contributed by atoms with Crippen LogP contribution in [0.3, 0.4) is 0 Å². The Morgan fingerprint density at radius 3 is 2.67 bits per heavy atom. The van der Waals surface area contributed by atoms with E-state index < -0.39 is 0 Å². The fraction of sp³-hybridized carbons (Fsp3) is 0.600. The predicted octanol–water partition coefficient (Wildman–Crippen LogP) is 4.66. The lowest BCUT2D eigenvalue weighted by Gasteiger charge is -2.43. The fourth-order valence-corrected chi connectivity index (χ4v) is 3.63. The van der Waals surface area contributed by atoms with E-state index in [4.69, 9.17) is 23.2 Å². The molecule has 1 fully saturated rings. The summed E-state index contributed by atoms with van der Waals surface area (Å²) in [5.74, 6) is 0.677. The minimum atomic E-state index is 0.210. The first kappa shape index (κ1) is 14.2. The van der Waals surface area contributed by atoms with Crippen LogP contribution in [0, 0.1) is 5.92 Å². The molecular weight excluding hydrogens is 265 g/mol. The zero-order valence-corrected chi connectivity index (χ0v) is 12.6. The lowest BCUT2D eigenvalue weighted by molar-refractivity contribution is 0.197. The highest BCUT2D eigenvalue weighted by atomic mass is 35.5. The zero-order chi connectivity index (χ0) is 13.2. The van der Waals surface area contributed by atoms with Crippen LogP contribution in [-0.4, -0.2) is 13.6 Å². The Bertz CT molecular complexity index is 415. The molecule has 0 aromatic heterocycles. The molecule has 0 heterocycles. The molecular formula is C15H21Cl2N. The van der Waals surface area contributed by atoms with Gasteiger partial charge in [0.25, 0.3) is 0 Å². The van der Waals surface area contributed by atoms with Gasteiger partial charge < -0.3 is 5.32 Å². The Morgan fingerprint density at radius 1 is 1.28 bits per heavy atom. The van der Waals surface area contributed by atoms with Gasteiger partial charge in [0, 0.05) is 12.0 Å². The van der Waals surface area contributed by atoms with Crippen molar-refractivity contribution in [3.8, 4) is 0 Å². The van der Waals surface area contributed by atoms with Gasteiger partial charge in [-0.2, -0.15) is 0 Å². The first-order valence-electron chi connectivity index (χ1n) is 6.70. The Labute approximate surface area is 120 Å². The molecule has 100 valence electrons. The van der Waals surface area contributed by atoms with Gasteiger partial charge in [0.05, 0.1) is 10.0 Å². The third-order valence-corrected chi connectivity index (χ3v) is 5.18. The lowest BCUT2D eigenvalue weighted by atomic mass is 9.63. The van der Waals surface area contributed by atoms with E-state index in [1.54, 1.807) is 0 Å². The molecule has 2 rings (SSSR count). The van der Waals surface area contributed by atoms with Crippen molar-refractivity contribution < 1.29 is 0 Å². The van der Waals surface area contributed by atoms with Crippen molar-refractivity contribution in [1.82, 2.24) is 5.32 Å². The first-order valence-corrected chi connectivity index (χ1v) is 7.46. The van der Waals surface area contributed by atoms with Crippen LogP contribution < -0.4 is 5.32 Å². The van der Waals surface area contributed by atoms with Crippen molar-refractivity contribution in [3.63, 3.8) is 0 Å². The van der Waals surface area contributed by atoms with Crippen molar-refractivity contribution in [2.45, 2.75) is 38.0 Å². The molecule has 0 unspecified atom stereocenters. The number of hydrogen-bond acceptors (Lipinski definition) is 1. The number of benzene rings is 1. The Balaban J connectivity index is 2.42. The monoisotopic (exact) mass is 285 g/mol. The molecule has 1 aromatic rings. The highest BCUT2D eigenvalue weighted by molar-refractivity contribution is 6.42. The summed E-state index contributed by atoms with van der Waals surface area (Å²) in [5.41, 5.74) is 1.54. The Morgan fingerprint density at radius 2 is 2.06 bits per heavy atom. The van der Waals surface area contributed by atoms with Crippen molar-refractivity contribution in [2.24, 2.45) is 5.92 Å². The van der Waals surface area contributed by atoms with Crippen LogP contribution in [-0.2, 0) is 5.41 Å². The summed E-state index contributed by atoms with van der Waals surface area (Å²) >= 11 is 12.2. The molecule has 0 saturated heterocycles. The fourth-order valence-electron chi connectivity index (χ4n) is 3.33. The molecule has 0 bridgehead atoms. The van der Waals surface area contributed by atoms with Gasteiger partial charge in [-0.15, -0.1) is 0 Å². The highest BCUT2D eigenvalue weighted by Gasteiger charge is 2.39. The van der Waals surface area contributed by atoms with E-state index in [9.17, 15) is 0 Å². The van der Waals surface area contributed by atoms with Gasteiger partial charge in [-0.25, -0.2) is 0 Å². The molecule has 2 atom stereocenters. The molecule has 18 heavy (non-hydrogen) atoms. The minimum absolute atomic E-state index is 0.210. The maximum atomic E-state index is 6.19. The first-order chi connectivity index (χ1) is 8.60. The largest absolute Gasteiger partial charge is 0.319 e. The molecule has 1 aliphatic rings. The van der Waals surface area contributed by atoms with Crippen molar-refractivity contribution in [1.29, 1.82) is 0 Å². The second-order valence-corrected chi connectivity index (χ2v) is 6.28. The summed E-state index contributed by atoms with van der Waals surface area (Å²) in [7, 11) is 2.03. The third-order valence-electron chi connectivity index (χ3n) is 4.44. The molecule has 0 spiro atoms. The number of nitrogens with one attached hydrogen (secondary N) is 1. The molecule has 0 aliphatic heterocycles. The van der Waals surface area contributed by atoms with Gasteiger partial charge in [-0.3, -0.25) is 0 Å². The SMILES string of the molecule is CNC[C@@]1(c2ccc(Cl)c(Cl)c2)CCCC[C@H]1C. The maximum Gasteiger partial charge on any atom is 0.0595 e. The van der Waals surface area contributed by atoms with Crippen molar-refractivity contribution in [2.75, 3.05) is 13.6 Å². The summed E-state index contributed by atoms with van der Waals surface area (Å²) in [6, 6.07) is 6.13. The maximum absolute atomic E-state index is 6.19. The lowest BCUT2D eigenvalue weighted by Crippen LogP contribution is -2.44. The van der Waals surface area contributed by atoms with E-state index in [0.29, 0.717) is 16.0 Å². The van der Waals surface area contributed by atoms with Crippen LogP contribution in [0.1, 0.15) is 38.2 Å². The van der Waals surface area contributed by atoms with Gasteiger partial charge >= 0.3 is 0 Å². The number of likely N-dealkylation sites (N-methyl/N-ethyl adjacent to an activating group) is 1. The van der Waals surface area contributed by atoms with Gasteiger partial charge in [-0.1, -0.05) is 49.0 Å². The average molecular weight is 286 g/mol. The topological polar surface area (TPSA) is 12.0 Å². The summed E-state index contributed by atoms with van der Waals surface area (Å²) in [6.45, 7) is 3.37. The molecule has 1 saturated carbocycles. The van der Waals surface area contributed by atoms with E-state index in [1.165, 1.54) is 31.2 Å². The van der Waals surface area contributed by atoms with E-state index in [0.717, 1.165) is 6.54 Å². The summed E-state index contributed by atoms with van der Waals surface area (Å²) in [6.07, 6.45) is 5.16. The predicted molar refractivity (Wildman–Crippen MR) is 79.7 cm³/mol. The standard InChI is InChI=1S/C15H21Cl2N/c1-11-5-3-4-8-15(11,10-18-2)12-6-7-13(16)14(17)9-12/h6-7,9,11,18H,3-5,8,10H2,1-2H3/t11-,15+/m1/s1. The molecule has 1 aliphatic carbocycles. The van der Waals surface area contributed by atoms with E-state index in [1.807, 2.05) is 13.1 Å². The molecule has 0 radical (unpaired) electrons. The van der Waals surface area contributed by atoms with Crippen molar-refractivity contribution >= 4 is 23.2 Å². The smallest absolute Gasteiger partial charge is 0.0595 e. The van der Waals surface area contributed by atoms with Crippen LogP contribution in [0.25, 0.3) is 0 Å². The zero-order valence-electron chi connectivity index (χ0n) is 11.1. The van der Waals surface area contributed by atoms with Crippen LogP contribution in [0.15, 0.2) is 18.2 Å². The van der Waals surface area contributed by atoms with Gasteiger partial charge in [-0.05, 0) is 43.5 Å². The molecule has 1 nitrogen and oxygen atoms in total. The van der Waals surface area contributed by atoms with Crippen LogP contribution in [0.2, 0.25) is 10.0 Å². The number of hydrogen-bond donors (Lipinski definition) is 1. The minimum Gasteiger partial charge on any atom is -0.319 e. The van der Waals surface area contributed by atoms with E-state index in [-0.39, 0.29) is 5.41 Å². The average Bonchev–Trinajstić information content (AvgIpc) is 2.36. The summed E-state index contributed by atoms with van der Waals surface area (Å²) < 4.78 is 0. The number of halogens is 2. The quantitative estimate of drug-likeness (QED) is 0.852. The van der Waals surface area contributed by atoms with Gasteiger partial charge in [0.15, 0.2) is 0 Å². The van der Waals surface area contributed by atoms with Gasteiger partial charge in [0.2, 0.25) is 0 Å². The van der Waals surface area contributed by atoms with Crippen molar-refractivity contribution in [3.05, 3.63) is 33.8 Å². The third kappa shape index (κ3) is 2.54. The molecule has 0 amide bonds. The second kappa shape index (κ2) is 5.81. The number of rotatable bonds is 3. The van der Waals surface area contributed by atoms with Crippen LogP contribution in [0.5, 0.6) is 0 Å². The van der Waals surface area contributed by atoms with E-state index >= 15 is 0 Å². The molecule has 3 heteroatoms. The summed E-state index contributed by atoms with van der Waals surface area (Å²) in [4.78, 5) is 0. The normalized spacial score (nSPS) is 28.3.